The highest BCUT2D eigenvalue weighted by Gasteiger charge is 2.21. The lowest BCUT2D eigenvalue weighted by molar-refractivity contribution is -0.115. The van der Waals surface area contributed by atoms with Crippen LogP contribution in [0.4, 0.5) is 10.1 Å². The highest BCUT2D eigenvalue weighted by Crippen LogP contribution is 2.29. The van der Waals surface area contributed by atoms with Crippen LogP contribution in [0.2, 0.25) is 0 Å². The minimum atomic E-state index is -0.506. The Kier molecular flexibility index (Phi) is 5.70. The van der Waals surface area contributed by atoms with Crippen LogP contribution < -0.4 is 10.1 Å². The van der Waals surface area contributed by atoms with Crippen molar-refractivity contribution in [2.24, 2.45) is 0 Å². The molecule has 0 aliphatic heterocycles. The molecule has 0 aliphatic rings. The molecule has 0 saturated carbocycles. The zero-order chi connectivity index (χ0) is 19.4. The van der Waals surface area contributed by atoms with Crippen LogP contribution in [0.3, 0.4) is 0 Å². The summed E-state index contributed by atoms with van der Waals surface area (Å²) in [5.74, 6) is -0.0773. The number of anilines is 1. The van der Waals surface area contributed by atoms with E-state index in [1.165, 1.54) is 34.6 Å². The van der Waals surface area contributed by atoms with Gasteiger partial charge in [-0.3, -0.25) is 4.79 Å². The predicted molar refractivity (Wildman–Crippen MR) is 101 cm³/mol. The number of hydrogen-bond acceptors (Lipinski definition) is 6. The summed E-state index contributed by atoms with van der Waals surface area (Å²) in [6.07, 6.45) is 0. The number of carbonyl (C=O) groups is 1. The summed E-state index contributed by atoms with van der Waals surface area (Å²) in [5, 5.41) is 14.4. The smallest absolute Gasteiger partial charge is 0.237 e. The fourth-order valence-corrected chi connectivity index (χ4v) is 3.19. The third-order valence-electron chi connectivity index (χ3n) is 3.75. The van der Waals surface area contributed by atoms with E-state index in [-0.39, 0.29) is 5.91 Å². The fraction of sp³-hybridized carbons (Fsp3) is 0.222. The van der Waals surface area contributed by atoms with E-state index in [9.17, 15) is 9.18 Å². The lowest BCUT2D eigenvalue weighted by Gasteiger charge is -2.13. The molecule has 0 spiro atoms. The van der Waals surface area contributed by atoms with Gasteiger partial charge in [-0.25, -0.2) is 4.39 Å². The second-order valence-corrected chi connectivity index (χ2v) is 7.12. The molecule has 1 N–H and O–H groups in total. The molecular weight excluding hydrogens is 369 g/mol. The van der Waals surface area contributed by atoms with Crippen molar-refractivity contribution in [3.8, 4) is 11.4 Å². The number of carbonyl (C=O) groups excluding carboxylic acids is 1. The monoisotopic (exact) mass is 387 g/mol. The van der Waals surface area contributed by atoms with Crippen molar-refractivity contribution in [3.63, 3.8) is 0 Å². The summed E-state index contributed by atoms with van der Waals surface area (Å²) >= 11 is 1.19. The Balaban J connectivity index is 1.78. The molecule has 7 nitrogen and oxygen atoms in total. The van der Waals surface area contributed by atoms with Gasteiger partial charge in [-0.1, -0.05) is 23.9 Å². The number of rotatable bonds is 6. The standard InChI is InChI=1S/C18H18FN5O2S/c1-11-7-8-16(26-3)15(9-11)24-18(21-22-23-24)27-12(2)17(25)20-14-6-4-5-13(19)10-14/h4-10,12H,1-3H3,(H,20,25)/t12-/m1/s1. The Labute approximate surface area is 159 Å². The Morgan fingerprint density at radius 3 is 2.85 bits per heavy atom. The third kappa shape index (κ3) is 4.43. The second-order valence-electron chi connectivity index (χ2n) is 5.81. The van der Waals surface area contributed by atoms with Gasteiger partial charge in [0.1, 0.15) is 17.3 Å². The quantitative estimate of drug-likeness (QED) is 0.654. The van der Waals surface area contributed by atoms with Crippen molar-refractivity contribution in [2.45, 2.75) is 24.3 Å². The Morgan fingerprint density at radius 2 is 2.11 bits per heavy atom. The molecule has 0 aliphatic carbocycles. The van der Waals surface area contributed by atoms with Crippen molar-refractivity contribution in [1.29, 1.82) is 0 Å². The molecule has 140 valence electrons. The fourth-order valence-electron chi connectivity index (χ4n) is 2.39. The first-order chi connectivity index (χ1) is 13.0. The van der Waals surface area contributed by atoms with Crippen LogP contribution in [-0.2, 0) is 4.79 Å². The van der Waals surface area contributed by atoms with Crippen LogP contribution in [0, 0.1) is 12.7 Å². The van der Waals surface area contributed by atoms with E-state index in [1.54, 1.807) is 20.1 Å². The van der Waals surface area contributed by atoms with E-state index in [2.05, 4.69) is 20.8 Å². The summed E-state index contributed by atoms with van der Waals surface area (Å²) < 4.78 is 20.2. The van der Waals surface area contributed by atoms with E-state index >= 15 is 0 Å². The van der Waals surface area contributed by atoms with Gasteiger partial charge in [-0.15, -0.1) is 5.10 Å². The number of nitrogens with one attached hydrogen (secondary N) is 1. The minimum absolute atomic E-state index is 0.281. The van der Waals surface area contributed by atoms with Crippen LogP contribution in [0.25, 0.3) is 5.69 Å². The molecule has 0 unspecified atom stereocenters. The summed E-state index contributed by atoms with van der Waals surface area (Å²) in [7, 11) is 1.57. The minimum Gasteiger partial charge on any atom is -0.494 e. The maximum absolute atomic E-state index is 13.3. The molecule has 0 fully saturated rings. The lowest BCUT2D eigenvalue weighted by Crippen LogP contribution is -2.23. The lowest BCUT2D eigenvalue weighted by atomic mass is 10.2. The maximum atomic E-state index is 13.3. The van der Waals surface area contributed by atoms with E-state index in [0.717, 1.165) is 5.56 Å². The second kappa shape index (κ2) is 8.17. The normalized spacial score (nSPS) is 11.9. The maximum Gasteiger partial charge on any atom is 0.237 e. The first-order valence-electron chi connectivity index (χ1n) is 8.14. The summed E-state index contributed by atoms with van der Waals surface area (Å²) in [6, 6.07) is 11.4. The van der Waals surface area contributed by atoms with Gasteiger partial charge in [0.25, 0.3) is 0 Å². The van der Waals surface area contributed by atoms with Crippen LogP contribution >= 0.6 is 11.8 Å². The number of benzene rings is 2. The predicted octanol–water partition coefficient (Wildman–Crippen LogP) is 3.24. The van der Waals surface area contributed by atoms with Crippen LogP contribution in [0.15, 0.2) is 47.6 Å². The van der Waals surface area contributed by atoms with Crippen LogP contribution in [0.1, 0.15) is 12.5 Å². The van der Waals surface area contributed by atoms with Gasteiger partial charge in [0, 0.05) is 5.69 Å². The molecule has 2 aromatic carbocycles. The van der Waals surface area contributed by atoms with Crippen LogP contribution in [-0.4, -0.2) is 38.5 Å². The summed E-state index contributed by atoms with van der Waals surface area (Å²) in [4.78, 5) is 12.4. The Morgan fingerprint density at radius 1 is 1.30 bits per heavy atom. The molecule has 0 saturated heterocycles. The van der Waals surface area contributed by atoms with E-state index in [1.807, 2.05) is 25.1 Å². The number of ether oxygens (including phenoxy) is 1. The molecule has 1 amide bonds. The molecule has 0 bridgehead atoms. The SMILES string of the molecule is COc1ccc(C)cc1-n1nnnc1S[C@H](C)C(=O)Nc1cccc(F)c1. The number of aromatic nitrogens is 4. The molecule has 9 heteroatoms. The highest BCUT2D eigenvalue weighted by molar-refractivity contribution is 8.00. The largest absolute Gasteiger partial charge is 0.494 e. The van der Waals surface area contributed by atoms with Gasteiger partial charge in [0.2, 0.25) is 11.1 Å². The number of methoxy groups -OCH3 is 1. The molecule has 3 rings (SSSR count). The molecular formula is C18H18FN5O2S. The average molecular weight is 387 g/mol. The number of hydrogen-bond donors (Lipinski definition) is 1. The van der Waals surface area contributed by atoms with Crippen molar-refractivity contribution < 1.29 is 13.9 Å². The summed E-state index contributed by atoms with van der Waals surface area (Å²) in [5.41, 5.74) is 2.10. The van der Waals surface area contributed by atoms with Gasteiger partial charge in [0.05, 0.1) is 12.4 Å². The van der Waals surface area contributed by atoms with Crippen molar-refractivity contribution in [2.75, 3.05) is 12.4 Å². The van der Waals surface area contributed by atoms with Crippen LogP contribution in [0.5, 0.6) is 5.75 Å². The number of nitrogens with zero attached hydrogens (tertiary/aromatic N) is 4. The van der Waals surface area contributed by atoms with Gasteiger partial charge >= 0.3 is 0 Å². The molecule has 1 aromatic heterocycles. The first-order valence-corrected chi connectivity index (χ1v) is 9.02. The highest BCUT2D eigenvalue weighted by atomic mass is 32.2. The molecule has 3 aromatic rings. The van der Waals surface area contributed by atoms with Gasteiger partial charge in [-0.2, -0.15) is 4.68 Å². The Bertz CT molecular complexity index is 962. The number of aryl methyl sites for hydroxylation is 1. The van der Waals surface area contributed by atoms with E-state index in [0.29, 0.717) is 22.3 Å². The van der Waals surface area contributed by atoms with Gasteiger partial charge in [-0.05, 0) is 60.2 Å². The van der Waals surface area contributed by atoms with E-state index in [4.69, 9.17) is 4.74 Å². The number of amides is 1. The zero-order valence-electron chi connectivity index (χ0n) is 15.0. The zero-order valence-corrected chi connectivity index (χ0v) is 15.8. The van der Waals surface area contributed by atoms with Crippen molar-refractivity contribution in [1.82, 2.24) is 20.2 Å². The van der Waals surface area contributed by atoms with Crippen molar-refractivity contribution in [3.05, 3.63) is 53.8 Å². The molecule has 1 heterocycles. The average Bonchev–Trinajstić information content (AvgIpc) is 3.09. The molecule has 1 atom stereocenters. The Hall–Kier alpha value is -2.94. The molecule has 27 heavy (non-hydrogen) atoms. The van der Waals surface area contributed by atoms with Gasteiger partial charge < -0.3 is 10.1 Å². The van der Waals surface area contributed by atoms with Gasteiger partial charge in [0.15, 0.2) is 0 Å². The molecule has 0 radical (unpaired) electrons. The number of halogens is 1. The number of thioether (sulfide) groups is 1. The third-order valence-corrected chi connectivity index (χ3v) is 4.78. The summed E-state index contributed by atoms with van der Waals surface area (Å²) in [6.45, 7) is 3.68. The topological polar surface area (TPSA) is 81.9 Å². The first kappa shape index (κ1) is 18.8. The van der Waals surface area contributed by atoms with Crippen molar-refractivity contribution >= 4 is 23.4 Å². The van der Waals surface area contributed by atoms with E-state index < -0.39 is 11.1 Å². The number of tetrazole rings is 1.